The molecule has 0 amide bonds. The number of piperidine rings is 1. The Morgan fingerprint density at radius 1 is 1.44 bits per heavy atom. The van der Waals surface area contributed by atoms with Gasteiger partial charge in [0.2, 0.25) is 10.0 Å². The van der Waals surface area contributed by atoms with Crippen LogP contribution in [0.1, 0.15) is 18.4 Å². The van der Waals surface area contributed by atoms with E-state index < -0.39 is 10.0 Å². The molecule has 0 radical (unpaired) electrons. The van der Waals surface area contributed by atoms with E-state index in [1.54, 1.807) is 13.0 Å². The van der Waals surface area contributed by atoms with E-state index in [1.807, 2.05) is 6.07 Å². The van der Waals surface area contributed by atoms with Crippen LogP contribution in [0.5, 0.6) is 0 Å². The third kappa shape index (κ3) is 3.01. The van der Waals surface area contributed by atoms with E-state index in [9.17, 15) is 8.42 Å². The van der Waals surface area contributed by atoms with Crippen molar-refractivity contribution in [2.75, 3.05) is 18.4 Å². The summed E-state index contributed by atoms with van der Waals surface area (Å²) in [6.45, 7) is 3.73. The van der Waals surface area contributed by atoms with Crippen LogP contribution in [0.25, 0.3) is 0 Å². The van der Waals surface area contributed by atoms with Crippen molar-refractivity contribution in [1.82, 2.24) is 5.32 Å². The fourth-order valence-electron chi connectivity index (χ4n) is 2.27. The lowest BCUT2D eigenvalue weighted by Crippen LogP contribution is -2.38. The SMILES string of the molecule is Cc1c(NC2CCCNC2)cccc1S(N)(=O)=O. The van der Waals surface area contributed by atoms with Crippen molar-refractivity contribution < 1.29 is 8.42 Å². The molecule has 1 aromatic carbocycles. The van der Waals surface area contributed by atoms with E-state index in [-0.39, 0.29) is 4.90 Å². The Morgan fingerprint density at radius 3 is 2.83 bits per heavy atom. The second kappa shape index (κ2) is 5.26. The molecule has 100 valence electrons. The van der Waals surface area contributed by atoms with Crippen molar-refractivity contribution in [3.8, 4) is 0 Å². The Morgan fingerprint density at radius 2 is 2.22 bits per heavy atom. The molecule has 0 saturated carbocycles. The number of sulfonamides is 1. The summed E-state index contributed by atoms with van der Waals surface area (Å²) in [5, 5.41) is 11.9. The summed E-state index contributed by atoms with van der Waals surface area (Å²) in [6, 6.07) is 5.48. The van der Waals surface area contributed by atoms with Gasteiger partial charge in [-0.25, -0.2) is 13.6 Å². The smallest absolute Gasteiger partial charge is 0.238 e. The normalized spacial score (nSPS) is 20.7. The first kappa shape index (κ1) is 13.3. The first-order chi connectivity index (χ1) is 8.48. The highest BCUT2D eigenvalue weighted by atomic mass is 32.2. The van der Waals surface area contributed by atoms with Crippen LogP contribution in [0.15, 0.2) is 23.1 Å². The van der Waals surface area contributed by atoms with Crippen LogP contribution < -0.4 is 15.8 Å². The molecule has 1 heterocycles. The molecule has 0 spiro atoms. The van der Waals surface area contributed by atoms with Crippen molar-refractivity contribution in [2.45, 2.75) is 30.7 Å². The van der Waals surface area contributed by atoms with Crippen LogP contribution in [0.2, 0.25) is 0 Å². The molecule has 1 aliphatic heterocycles. The summed E-state index contributed by atoms with van der Waals surface area (Å²) in [5.41, 5.74) is 1.53. The van der Waals surface area contributed by atoms with Gasteiger partial charge >= 0.3 is 0 Å². The number of primary sulfonamides is 1. The van der Waals surface area contributed by atoms with E-state index in [0.29, 0.717) is 11.6 Å². The predicted octanol–water partition coefficient (Wildman–Crippen LogP) is 0.806. The Bertz CT molecular complexity index is 522. The molecule has 0 aromatic heterocycles. The number of nitrogens with two attached hydrogens (primary N) is 1. The summed E-state index contributed by atoms with van der Waals surface area (Å²) in [6.07, 6.45) is 2.22. The molecular weight excluding hydrogens is 250 g/mol. The van der Waals surface area contributed by atoms with Gasteiger partial charge in [0.05, 0.1) is 4.90 Å². The van der Waals surface area contributed by atoms with Gasteiger partial charge in [-0.05, 0) is 44.0 Å². The molecule has 1 atom stereocenters. The van der Waals surface area contributed by atoms with Gasteiger partial charge in [-0.3, -0.25) is 0 Å². The fraction of sp³-hybridized carbons (Fsp3) is 0.500. The highest BCUT2D eigenvalue weighted by molar-refractivity contribution is 7.89. The van der Waals surface area contributed by atoms with E-state index in [2.05, 4.69) is 10.6 Å². The van der Waals surface area contributed by atoms with Crippen LogP contribution in [0.4, 0.5) is 5.69 Å². The number of anilines is 1. The molecule has 0 aliphatic carbocycles. The second-order valence-corrected chi connectivity index (χ2v) is 6.19. The van der Waals surface area contributed by atoms with E-state index >= 15 is 0 Å². The van der Waals surface area contributed by atoms with Crippen LogP contribution in [0, 0.1) is 6.92 Å². The number of nitrogens with one attached hydrogen (secondary N) is 2. The first-order valence-corrected chi connectivity index (χ1v) is 7.63. The van der Waals surface area contributed by atoms with Crippen molar-refractivity contribution in [3.63, 3.8) is 0 Å². The predicted molar refractivity (Wildman–Crippen MR) is 72.1 cm³/mol. The summed E-state index contributed by atoms with van der Waals surface area (Å²) < 4.78 is 22.9. The molecule has 6 heteroatoms. The standard InChI is InChI=1S/C12H19N3O2S/c1-9-11(15-10-4-3-7-14-8-10)5-2-6-12(9)18(13,16)17/h2,5-6,10,14-15H,3-4,7-8H2,1H3,(H2,13,16,17). The lowest BCUT2D eigenvalue weighted by atomic mass is 10.1. The average Bonchev–Trinajstić information content (AvgIpc) is 2.32. The molecule has 1 aliphatic rings. The van der Waals surface area contributed by atoms with Gasteiger partial charge in [-0.15, -0.1) is 0 Å². The summed E-state index contributed by atoms with van der Waals surface area (Å²) in [5.74, 6) is 0. The van der Waals surface area contributed by atoms with Gasteiger partial charge in [0.25, 0.3) is 0 Å². The Balaban J connectivity index is 2.23. The van der Waals surface area contributed by atoms with Gasteiger partial charge in [0, 0.05) is 18.3 Å². The Hall–Kier alpha value is -1.11. The summed E-state index contributed by atoms with van der Waals surface area (Å²) in [4.78, 5) is 0.191. The third-order valence-corrected chi connectivity index (χ3v) is 4.30. The Labute approximate surface area is 108 Å². The van der Waals surface area contributed by atoms with Gasteiger partial charge < -0.3 is 10.6 Å². The lowest BCUT2D eigenvalue weighted by molar-refractivity contribution is 0.479. The topological polar surface area (TPSA) is 84.2 Å². The van der Waals surface area contributed by atoms with Crippen LogP contribution >= 0.6 is 0 Å². The van der Waals surface area contributed by atoms with Gasteiger partial charge in [0.15, 0.2) is 0 Å². The van der Waals surface area contributed by atoms with Gasteiger partial charge in [0.1, 0.15) is 0 Å². The summed E-state index contributed by atoms with van der Waals surface area (Å²) >= 11 is 0. The van der Waals surface area contributed by atoms with Crippen LogP contribution in [-0.4, -0.2) is 27.5 Å². The molecule has 1 unspecified atom stereocenters. The highest BCUT2D eigenvalue weighted by Crippen LogP contribution is 2.23. The fourth-order valence-corrected chi connectivity index (χ4v) is 3.08. The number of rotatable bonds is 3. The minimum absolute atomic E-state index is 0.191. The first-order valence-electron chi connectivity index (χ1n) is 6.08. The highest BCUT2D eigenvalue weighted by Gasteiger charge is 2.17. The maximum atomic E-state index is 11.4. The van der Waals surface area contributed by atoms with Crippen molar-refractivity contribution in [1.29, 1.82) is 0 Å². The molecule has 1 saturated heterocycles. The van der Waals surface area contributed by atoms with Crippen molar-refractivity contribution in [3.05, 3.63) is 23.8 Å². The zero-order valence-electron chi connectivity index (χ0n) is 10.4. The molecule has 1 fully saturated rings. The molecule has 1 aromatic rings. The molecule has 0 bridgehead atoms. The average molecular weight is 269 g/mol. The van der Waals surface area contributed by atoms with E-state index in [1.165, 1.54) is 6.07 Å². The summed E-state index contributed by atoms with van der Waals surface area (Å²) in [7, 11) is -3.65. The molecular formula is C12H19N3O2S. The largest absolute Gasteiger partial charge is 0.381 e. The van der Waals surface area contributed by atoms with Crippen molar-refractivity contribution >= 4 is 15.7 Å². The van der Waals surface area contributed by atoms with E-state index in [0.717, 1.165) is 31.6 Å². The quantitative estimate of drug-likeness (QED) is 0.758. The second-order valence-electron chi connectivity index (χ2n) is 4.66. The monoisotopic (exact) mass is 269 g/mol. The minimum Gasteiger partial charge on any atom is -0.381 e. The zero-order valence-corrected chi connectivity index (χ0v) is 11.3. The van der Waals surface area contributed by atoms with E-state index in [4.69, 9.17) is 5.14 Å². The molecule has 4 N–H and O–H groups in total. The minimum atomic E-state index is -3.65. The van der Waals surface area contributed by atoms with Gasteiger partial charge in [-0.2, -0.15) is 0 Å². The molecule has 2 rings (SSSR count). The van der Waals surface area contributed by atoms with Crippen molar-refractivity contribution in [2.24, 2.45) is 5.14 Å². The van der Waals surface area contributed by atoms with Crippen LogP contribution in [0.3, 0.4) is 0 Å². The molecule has 5 nitrogen and oxygen atoms in total. The van der Waals surface area contributed by atoms with Crippen LogP contribution in [-0.2, 0) is 10.0 Å². The lowest BCUT2D eigenvalue weighted by Gasteiger charge is -2.26. The number of hydrogen-bond donors (Lipinski definition) is 3. The third-order valence-electron chi connectivity index (χ3n) is 3.25. The number of benzene rings is 1. The maximum Gasteiger partial charge on any atom is 0.238 e. The maximum absolute atomic E-state index is 11.4. The Kier molecular flexibility index (Phi) is 3.89. The van der Waals surface area contributed by atoms with Gasteiger partial charge in [-0.1, -0.05) is 6.07 Å². The number of hydrogen-bond acceptors (Lipinski definition) is 4. The molecule has 18 heavy (non-hydrogen) atoms. The zero-order chi connectivity index (χ0) is 13.2.